The molecule has 1 amide bonds. The van der Waals surface area contributed by atoms with E-state index >= 15 is 0 Å². The molecule has 0 aliphatic carbocycles. The lowest BCUT2D eigenvalue weighted by Gasteiger charge is -2.26. The first-order valence-electron chi connectivity index (χ1n) is 9.08. The van der Waals surface area contributed by atoms with Crippen LogP contribution in [-0.2, 0) is 17.9 Å². The molecule has 0 fully saturated rings. The molecular formula is C20H20N6O2. The van der Waals surface area contributed by atoms with E-state index in [1.165, 1.54) is 0 Å². The van der Waals surface area contributed by atoms with Gasteiger partial charge in [0.1, 0.15) is 17.9 Å². The smallest absolute Gasteiger partial charge is 0.258 e. The van der Waals surface area contributed by atoms with Crippen molar-refractivity contribution in [1.29, 1.82) is 0 Å². The Bertz CT molecular complexity index is 1210. The Morgan fingerprint density at radius 1 is 1.11 bits per heavy atom. The Kier molecular flexibility index (Phi) is 4.60. The number of rotatable bonds is 5. The fourth-order valence-electron chi connectivity index (χ4n) is 3.18. The maximum atomic E-state index is 13.0. The van der Waals surface area contributed by atoms with Gasteiger partial charge in [-0.2, -0.15) is 0 Å². The molecule has 4 aromatic rings. The van der Waals surface area contributed by atoms with Crippen LogP contribution in [0.3, 0.4) is 0 Å². The van der Waals surface area contributed by atoms with Crippen molar-refractivity contribution in [3.63, 3.8) is 0 Å². The molecule has 0 bridgehead atoms. The summed E-state index contributed by atoms with van der Waals surface area (Å²) in [5.41, 5.74) is 1.95. The van der Waals surface area contributed by atoms with Crippen LogP contribution < -0.4 is 5.56 Å². The van der Waals surface area contributed by atoms with Gasteiger partial charge < -0.3 is 9.88 Å². The van der Waals surface area contributed by atoms with E-state index in [1.54, 1.807) is 27.8 Å². The van der Waals surface area contributed by atoms with Crippen molar-refractivity contribution < 1.29 is 4.79 Å². The summed E-state index contributed by atoms with van der Waals surface area (Å²) in [7, 11) is 0. The van der Waals surface area contributed by atoms with E-state index < -0.39 is 0 Å². The predicted molar refractivity (Wildman–Crippen MR) is 106 cm³/mol. The van der Waals surface area contributed by atoms with Gasteiger partial charge >= 0.3 is 0 Å². The molecule has 28 heavy (non-hydrogen) atoms. The van der Waals surface area contributed by atoms with Gasteiger partial charge in [0.05, 0.1) is 23.0 Å². The van der Waals surface area contributed by atoms with Crippen molar-refractivity contribution in [3.8, 4) is 0 Å². The molecule has 1 N–H and O–H groups in total. The lowest BCUT2D eigenvalue weighted by Crippen LogP contribution is -2.39. The molecule has 0 spiro atoms. The lowest BCUT2D eigenvalue weighted by atomic mass is 10.2. The fourth-order valence-corrected chi connectivity index (χ4v) is 3.18. The second kappa shape index (κ2) is 7.22. The predicted octanol–water partition coefficient (Wildman–Crippen LogP) is 2.10. The van der Waals surface area contributed by atoms with E-state index in [0.29, 0.717) is 16.7 Å². The van der Waals surface area contributed by atoms with E-state index in [0.717, 1.165) is 11.0 Å². The van der Waals surface area contributed by atoms with Crippen LogP contribution in [0.2, 0.25) is 0 Å². The van der Waals surface area contributed by atoms with Crippen molar-refractivity contribution in [1.82, 2.24) is 29.9 Å². The topological polar surface area (TPSA) is 96.8 Å². The molecule has 0 saturated heterocycles. The van der Waals surface area contributed by atoms with E-state index in [2.05, 4.69) is 20.3 Å². The summed E-state index contributed by atoms with van der Waals surface area (Å²) in [4.78, 5) is 34.2. The van der Waals surface area contributed by atoms with Gasteiger partial charge in [0.15, 0.2) is 0 Å². The zero-order chi connectivity index (χ0) is 19.7. The second-order valence-corrected chi connectivity index (χ2v) is 6.88. The van der Waals surface area contributed by atoms with E-state index in [-0.39, 0.29) is 30.6 Å². The maximum absolute atomic E-state index is 13.0. The molecule has 4 rings (SSSR count). The molecule has 0 atom stereocenters. The van der Waals surface area contributed by atoms with Crippen molar-refractivity contribution in [2.75, 3.05) is 0 Å². The standard InChI is InChI=1S/C20H20N6O2/c1-13(2)25(11-18-21-15-8-4-3-7-14(15)20(28)22-18)19(27)12-26-17-10-6-5-9-16(17)23-24-26/h3-10,13H,11-12H2,1-2H3,(H,21,22,28). The third-order valence-corrected chi connectivity index (χ3v) is 4.63. The number of H-pyrrole nitrogens is 1. The van der Waals surface area contributed by atoms with Crippen molar-refractivity contribution in [3.05, 3.63) is 64.7 Å². The number of aromatic amines is 1. The average molecular weight is 376 g/mol. The number of carbonyl (C=O) groups is 1. The molecule has 0 unspecified atom stereocenters. The summed E-state index contributed by atoms with van der Waals surface area (Å²) >= 11 is 0. The van der Waals surface area contributed by atoms with Gasteiger partial charge in [-0.3, -0.25) is 9.59 Å². The van der Waals surface area contributed by atoms with Crippen LogP contribution in [0, 0.1) is 0 Å². The quantitative estimate of drug-likeness (QED) is 0.575. The zero-order valence-corrected chi connectivity index (χ0v) is 15.7. The first-order chi connectivity index (χ1) is 13.5. The number of benzene rings is 2. The monoisotopic (exact) mass is 376 g/mol. The number of hydrogen-bond donors (Lipinski definition) is 1. The van der Waals surface area contributed by atoms with Gasteiger partial charge in [-0.05, 0) is 38.1 Å². The summed E-state index contributed by atoms with van der Waals surface area (Å²) in [5, 5.41) is 8.70. The van der Waals surface area contributed by atoms with Crippen LogP contribution in [-0.4, -0.2) is 41.8 Å². The Balaban J connectivity index is 1.60. The molecule has 0 radical (unpaired) electrons. The van der Waals surface area contributed by atoms with Crippen molar-refractivity contribution in [2.45, 2.75) is 33.0 Å². The van der Waals surface area contributed by atoms with E-state index in [1.807, 2.05) is 44.2 Å². The third kappa shape index (κ3) is 3.36. The highest BCUT2D eigenvalue weighted by atomic mass is 16.2. The van der Waals surface area contributed by atoms with Gasteiger partial charge in [0.2, 0.25) is 5.91 Å². The second-order valence-electron chi connectivity index (χ2n) is 6.88. The van der Waals surface area contributed by atoms with Crippen LogP contribution in [0.1, 0.15) is 19.7 Å². The van der Waals surface area contributed by atoms with Crippen molar-refractivity contribution >= 4 is 27.8 Å². The molecule has 8 nitrogen and oxygen atoms in total. The normalized spacial score (nSPS) is 11.4. The molecular weight excluding hydrogens is 356 g/mol. The van der Waals surface area contributed by atoms with Crippen LogP contribution in [0.5, 0.6) is 0 Å². The first-order valence-corrected chi connectivity index (χ1v) is 9.08. The average Bonchev–Trinajstić information content (AvgIpc) is 3.09. The number of nitrogens with one attached hydrogen (secondary N) is 1. The van der Waals surface area contributed by atoms with Crippen LogP contribution in [0.15, 0.2) is 53.3 Å². The third-order valence-electron chi connectivity index (χ3n) is 4.63. The Morgan fingerprint density at radius 2 is 1.82 bits per heavy atom. The first kappa shape index (κ1) is 17.8. The number of aromatic nitrogens is 5. The molecule has 2 heterocycles. The highest BCUT2D eigenvalue weighted by Gasteiger charge is 2.20. The van der Waals surface area contributed by atoms with Gasteiger partial charge in [-0.1, -0.05) is 29.5 Å². The number of para-hydroxylation sites is 2. The Labute approximate surface area is 160 Å². The summed E-state index contributed by atoms with van der Waals surface area (Å²) in [5.74, 6) is 0.329. The maximum Gasteiger partial charge on any atom is 0.258 e. The molecule has 2 aromatic heterocycles. The summed E-state index contributed by atoms with van der Waals surface area (Å²) in [6, 6.07) is 14.6. The minimum absolute atomic E-state index is 0.0660. The number of nitrogens with zero attached hydrogens (tertiary/aromatic N) is 5. The number of amides is 1. The summed E-state index contributed by atoms with van der Waals surface area (Å²) in [6.45, 7) is 4.13. The largest absolute Gasteiger partial charge is 0.331 e. The molecule has 8 heteroatoms. The number of fused-ring (bicyclic) bond motifs is 2. The highest BCUT2D eigenvalue weighted by molar-refractivity contribution is 5.80. The minimum atomic E-state index is -0.209. The number of carbonyl (C=O) groups excluding carboxylic acids is 1. The zero-order valence-electron chi connectivity index (χ0n) is 15.7. The van der Waals surface area contributed by atoms with Crippen LogP contribution >= 0.6 is 0 Å². The Hall–Kier alpha value is -3.55. The molecule has 2 aromatic carbocycles. The van der Waals surface area contributed by atoms with Gasteiger partial charge in [0.25, 0.3) is 5.56 Å². The van der Waals surface area contributed by atoms with Crippen molar-refractivity contribution in [2.24, 2.45) is 0 Å². The van der Waals surface area contributed by atoms with Gasteiger partial charge in [-0.25, -0.2) is 9.67 Å². The Morgan fingerprint density at radius 3 is 2.61 bits per heavy atom. The fraction of sp³-hybridized carbons (Fsp3) is 0.250. The van der Waals surface area contributed by atoms with Crippen LogP contribution in [0.25, 0.3) is 21.9 Å². The van der Waals surface area contributed by atoms with Gasteiger partial charge in [0, 0.05) is 6.04 Å². The molecule has 0 saturated carbocycles. The molecule has 0 aliphatic rings. The summed E-state index contributed by atoms with van der Waals surface area (Å²) < 4.78 is 1.59. The molecule has 0 aliphatic heterocycles. The number of hydrogen-bond acceptors (Lipinski definition) is 5. The van der Waals surface area contributed by atoms with E-state index in [4.69, 9.17) is 0 Å². The van der Waals surface area contributed by atoms with E-state index in [9.17, 15) is 9.59 Å². The lowest BCUT2D eigenvalue weighted by molar-refractivity contribution is -0.134. The SMILES string of the molecule is CC(C)N(Cc1nc2ccccc2c(=O)[nH]1)C(=O)Cn1nnc2ccccc21. The van der Waals surface area contributed by atoms with Crippen LogP contribution in [0.4, 0.5) is 0 Å². The van der Waals surface area contributed by atoms with Gasteiger partial charge in [-0.15, -0.1) is 5.10 Å². The molecule has 142 valence electrons. The summed E-state index contributed by atoms with van der Waals surface area (Å²) in [6.07, 6.45) is 0. The highest BCUT2D eigenvalue weighted by Crippen LogP contribution is 2.13. The minimum Gasteiger partial charge on any atom is -0.331 e.